The molecule has 0 unspecified atom stereocenters. The highest BCUT2D eigenvalue weighted by atomic mass is 16.5. The number of esters is 1. The van der Waals surface area contributed by atoms with Crippen LogP contribution in [0.25, 0.3) is 10.9 Å². The van der Waals surface area contributed by atoms with Crippen LogP contribution >= 0.6 is 0 Å². The molecule has 0 spiro atoms. The molecule has 1 aliphatic rings. The van der Waals surface area contributed by atoms with Gasteiger partial charge in [0.15, 0.2) is 5.82 Å². The van der Waals surface area contributed by atoms with Crippen molar-refractivity contribution >= 4 is 16.9 Å². The highest BCUT2D eigenvalue weighted by Crippen LogP contribution is 2.36. The van der Waals surface area contributed by atoms with E-state index in [1.807, 2.05) is 19.1 Å². The molecule has 1 fully saturated rings. The van der Waals surface area contributed by atoms with Gasteiger partial charge in [0.1, 0.15) is 6.54 Å². The molecule has 1 aromatic carbocycles. The van der Waals surface area contributed by atoms with E-state index in [-0.39, 0.29) is 30.0 Å². The molecule has 1 N–H and O–H groups in total. The van der Waals surface area contributed by atoms with Crippen LogP contribution in [0, 0.1) is 19.8 Å². The lowest BCUT2D eigenvalue weighted by Gasteiger charge is -2.37. The number of rotatable bonds is 9. The molecule has 9 heteroatoms. The van der Waals surface area contributed by atoms with Gasteiger partial charge >= 0.3 is 5.97 Å². The third-order valence-corrected chi connectivity index (χ3v) is 6.93. The number of pyridine rings is 1. The summed E-state index contributed by atoms with van der Waals surface area (Å²) in [5.74, 6) is 0.420. The van der Waals surface area contributed by atoms with Crippen molar-refractivity contribution in [3.63, 3.8) is 0 Å². The largest absolute Gasteiger partial charge is 0.465 e. The first-order valence-electron chi connectivity index (χ1n) is 12.6. The van der Waals surface area contributed by atoms with Crippen molar-refractivity contribution in [3.05, 3.63) is 51.1 Å². The van der Waals surface area contributed by atoms with Crippen molar-refractivity contribution in [2.45, 2.75) is 85.5 Å². The number of aromatic amines is 1. The van der Waals surface area contributed by atoms with E-state index in [9.17, 15) is 9.59 Å². The van der Waals surface area contributed by atoms with Crippen LogP contribution in [-0.2, 0) is 22.6 Å². The Hall–Kier alpha value is -3.07. The molecule has 0 saturated heterocycles. The number of carbonyl (C=O) groups excluding carboxylic acids is 1. The second-order valence-electron chi connectivity index (χ2n) is 9.97. The Morgan fingerprint density at radius 1 is 1.23 bits per heavy atom. The molecule has 1 atom stereocenters. The fraction of sp³-hybridized carbons (Fsp3) is 0.577. The minimum absolute atomic E-state index is 0.0347. The van der Waals surface area contributed by atoms with Crippen molar-refractivity contribution in [1.82, 2.24) is 30.1 Å². The molecule has 2 heterocycles. The zero-order valence-electron chi connectivity index (χ0n) is 21.4. The van der Waals surface area contributed by atoms with E-state index in [2.05, 4.69) is 52.2 Å². The number of hydrogen-bond acceptors (Lipinski definition) is 7. The number of hydrogen-bond donors (Lipinski definition) is 1. The number of aromatic nitrogens is 5. The van der Waals surface area contributed by atoms with Crippen LogP contribution in [0.1, 0.15) is 75.0 Å². The number of tetrazole rings is 1. The third kappa shape index (κ3) is 5.45. The van der Waals surface area contributed by atoms with Gasteiger partial charge in [0, 0.05) is 29.1 Å². The Labute approximate surface area is 205 Å². The van der Waals surface area contributed by atoms with Crippen molar-refractivity contribution in [3.8, 4) is 0 Å². The SMILES string of the molecule is CCOC(=O)Cn1nnnc1[C@H](C(C)C)N(Cc1cc2c(C)cc(C)cc2[nH]c1=O)C1CCCC1. The second-order valence-corrected chi connectivity index (χ2v) is 9.97. The van der Waals surface area contributed by atoms with Gasteiger partial charge in [0.25, 0.3) is 5.56 Å². The van der Waals surface area contributed by atoms with E-state index in [0.29, 0.717) is 25.0 Å². The summed E-state index contributed by atoms with van der Waals surface area (Å²) < 4.78 is 6.67. The Morgan fingerprint density at radius 3 is 2.66 bits per heavy atom. The van der Waals surface area contributed by atoms with Crippen molar-refractivity contribution in [2.24, 2.45) is 5.92 Å². The lowest BCUT2D eigenvalue weighted by molar-refractivity contribution is -0.144. The van der Waals surface area contributed by atoms with Crippen LogP contribution in [0.2, 0.25) is 0 Å². The van der Waals surface area contributed by atoms with Gasteiger partial charge in [-0.1, -0.05) is 32.8 Å². The molecule has 3 aromatic rings. The number of carbonyl (C=O) groups is 1. The second kappa shape index (κ2) is 10.7. The normalized spacial score (nSPS) is 15.4. The summed E-state index contributed by atoms with van der Waals surface area (Å²) >= 11 is 0. The summed E-state index contributed by atoms with van der Waals surface area (Å²) in [6.45, 7) is 10.9. The van der Waals surface area contributed by atoms with Crippen molar-refractivity contribution < 1.29 is 9.53 Å². The van der Waals surface area contributed by atoms with Crippen LogP contribution in [-0.4, -0.2) is 48.7 Å². The molecule has 0 aliphatic heterocycles. The summed E-state index contributed by atoms with van der Waals surface area (Å²) in [5, 5.41) is 13.4. The molecule has 0 amide bonds. The summed E-state index contributed by atoms with van der Waals surface area (Å²) in [4.78, 5) is 30.9. The minimum Gasteiger partial charge on any atom is -0.465 e. The zero-order chi connectivity index (χ0) is 25.1. The fourth-order valence-electron chi connectivity index (χ4n) is 5.42. The standard InChI is InChI=1S/C26H36N6O3/c1-6-35-23(33)15-32-25(28-29-30-32)24(16(2)3)31(20-9-7-8-10-20)14-19-13-21-18(5)11-17(4)12-22(21)27-26(19)34/h11-13,16,20,24H,6-10,14-15H2,1-5H3,(H,27,34)/t24-/m0/s1. The van der Waals surface area contributed by atoms with E-state index < -0.39 is 0 Å². The maximum Gasteiger partial charge on any atom is 0.327 e. The van der Waals surface area contributed by atoms with Crippen LogP contribution < -0.4 is 5.56 Å². The number of fused-ring (bicyclic) bond motifs is 1. The first kappa shape index (κ1) is 25.0. The van der Waals surface area contributed by atoms with Crippen LogP contribution in [0.15, 0.2) is 23.0 Å². The topological polar surface area (TPSA) is 106 Å². The molecule has 1 saturated carbocycles. The molecule has 0 bridgehead atoms. The van der Waals surface area contributed by atoms with Gasteiger partial charge in [-0.3, -0.25) is 14.5 Å². The van der Waals surface area contributed by atoms with Crippen LogP contribution in [0.4, 0.5) is 0 Å². The molecule has 9 nitrogen and oxygen atoms in total. The monoisotopic (exact) mass is 480 g/mol. The molecule has 4 rings (SSSR count). The number of H-pyrrole nitrogens is 1. The van der Waals surface area contributed by atoms with Crippen molar-refractivity contribution in [1.29, 1.82) is 0 Å². The Morgan fingerprint density at radius 2 is 1.97 bits per heavy atom. The number of aryl methyl sites for hydroxylation is 2. The number of ether oxygens (including phenoxy) is 1. The van der Waals surface area contributed by atoms with Crippen LogP contribution in [0.5, 0.6) is 0 Å². The summed E-state index contributed by atoms with van der Waals surface area (Å²) in [6, 6.07) is 6.34. The highest BCUT2D eigenvalue weighted by Gasteiger charge is 2.35. The van der Waals surface area contributed by atoms with Gasteiger partial charge in [-0.15, -0.1) is 5.10 Å². The zero-order valence-corrected chi connectivity index (χ0v) is 21.4. The van der Waals surface area contributed by atoms with Gasteiger partial charge in [-0.05, 0) is 73.2 Å². The molecule has 188 valence electrons. The number of benzene rings is 1. The maximum absolute atomic E-state index is 13.2. The van der Waals surface area contributed by atoms with Gasteiger partial charge in [-0.25, -0.2) is 4.68 Å². The predicted octanol–water partition coefficient (Wildman–Crippen LogP) is 3.84. The number of nitrogens with zero attached hydrogens (tertiary/aromatic N) is 5. The van der Waals surface area contributed by atoms with Gasteiger partial charge in [0.2, 0.25) is 0 Å². The van der Waals surface area contributed by atoms with E-state index in [4.69, 9.17) is 4.74 Å². The van der Waals surface area contributed by atoms with E-state index >= 15 is 0 Å². The summed E-state index contributed by atoms with van der Waals surface area (Å²) in [6.07, 6.45) is 4.44. The fourth-order valence-corrected chi connectivity index (χ4v) is 5.42. The lowest BCUT2D eigenvalue weighted by Crippen LogP contribution is -2.41. The highest BCUT2D eigenvalue weighted by molar-refractivity contribution is 5.83. The summed E-state index contributed by atoms with van der Waals surface area (Å²) in [5.41, 5.74) is 3.79. The van der Waals surface area contributed by atoms with Gasteiger partial charge < -0.3 is 9.72 Å². The smallest absolute Gasteiger partial charge is 0.327 e. The average molecular weight is 481 g/mol. The molecule has 0 radical (unpaired) electrons. The minimum atomic E-state index is -0.368. The van der Waals surface area contributed by atoms with Gasteiger partial charge in [-0.2, -0.15) is 0 Å². The first-order chi connectivity index (χ1) is 16.8. The average Bonchev–Trinajstić information content (AvgIpc) is 3.46. The summed E-state index contributed by atoms with van der Waals surface area (Å²) in [7, 11) is 0. The molecule has 1 aliphatic carbocycles. The Kier molecular flexibility index (Phi) is 7.64. The number of nitrogens with one attached hydrogen (secondary N) is 1. The molecular formula is C26H36N6O3. The first-order valence-corrected chi connectivity index (χ1v) is 12.6. The molecular weight excluding hydrogens is 444 g/mol. The Balaban J connectivity index is 1.74. The molecule has 2 aromatic heterocycles. The van der Waals surface area contributed by atoms with E-state index in [1.54, 1.807) is 11.6 Å². The third-order valence-electron chi connectivity index (χ3n) is 6.93. The quantitative estimate of drug-likeness (QED) is 0.464. The molecule has 35 heavy (non-hydrogen) atoms. The van der Waals surface area contributed by atoms with Crippen LogP contribution in [0.3, 0.4) is 0 Å². The Bertz CT molecular complexity index is 1240. The van der Waals surface area contributed by atoms with Gasteiger partial charge in [0.05, 0.1) is 12.6 Å². The van der Waals surface area contributed by atoms with E-state index in [1.165, 1.54) is 0 Å². The van der Waals surface area contributed by atoms with Crippen molar-refractivity contribution in [2.75, 3.05) is 6.61 Å². The lowest BCUT2D eigenvalue weighted by atomic mass is 9.97. The predicted molar refractivity (Wildman–Crippen MR) is 134 cm³/mol. The maximum atomic E-state index is 13.2. The van der Waals surface area contributed by atoms with E-state index in [0.717, 1.165) is 53.3 Å².